The summed E-state index contributed by atoms with van der Waals surface area (Å²) in [5, 5.41) is 9.57. The number of fused-ring (bicyclic) bond motifs is 3. The fourth-order valence-electron chi connectivity index (χ4n) is 4.00. The fourth-order valence-corrected chi connectivity index (χ4v) is 5.71. The Morgan fingerprint density at radius 2 is 1.47 bits per heavy atom. The summed E-state index contributed by atoms with van der Waals surface area (Å²) in [5.74, 6) is -1.67. The molecule has 4 rings (SSSR count). The second-order valence-electron chi connectivity index (χ2n) is 7.68. The molecule has 0 heterocycles. The van der Waals surface area contributed by atoms with Crippen LogP contribution in [0, 0.1) is 0 Å². The van der Waals surface area contributed by atoms with Crippen LogP contribution in [0.25, 0.3) is 11.1 Å². The van der Waals surface area contributed by atoms with Crippen molar-refractivity contribution >= 4 is 26.5 Å². The summed E-state index contributed by atoms with van der Waals surface area (Å²) in [6, 6.07) is 20.7. The minimum absolute atomic E-state index is 0.00578. The number of halogens is 3. The molecule has 0 saturated carbocycles. The standard InChI is InChI=1S/C25H19AsF3O5/c27-25(28,29)34-16-11-9-15(10-12-16)13-22(23(30)31)26-24(32)33-14-21-19-7-3-1-5-17(19)18-6-2-4-8-20(18)21/h1-12,21-22H,13-14H2,(H,30,31)/t22-/m0/s1. The van der Waals surface area contributed by atoms with Crippen LogP contribution in [0.5, 0.6) is 5.75 Å². The third-order valence-corrected chi connectivity index (χ3v) is 7.68. The number of ether oxygens (including phenoxy) is 2. The van der Waals surface area contributed by atoms with E-state index in [0.29, 0.717) is 5.56 Å². The minimum atomic E-state index is -4.81. The van der Waals surface area contributed by atoms with Gasteiger partial charge < -0.3 is 0 Å². The molecule has 1 aliphatic rings. The number of carboxylic acids is 1. The zero-order valence-electron chi connectivity index (χ0n) is 17.7. The molecule has 5 nitrogen and oxygen atoms in total. The van der Waals surface area contributed by atoms with Crippen LogP contribution in [-0.2, 0) is 16.0 Å². The van der Waals surface area contributed by atoms with Gasteiger partial charge in [0.05, 0.1) is 0 Å². The Labute approximate surface area is 200 Å². The Bertz CT molecular complexity index is 1150. The molecule has 1 atom stereocenters. The topological polar surface area (TPSA) is 72.8 Å². The number of hydrogen-bond acceptors (Lipinski definition) is 4. The molecule has 0 aromatic heterocycles. The summed E-state index contributed by atoms with van der Waals surface area (Å²) < 4.78 is 44.7. The summed E-state index contributed by atoms with van der Waals surface area (Å²) in [6.07, 6.45) is -4.80. The Morgan fingerprint density at radius 1 is 0.912 bits per heavy atom. The second kappa shape index (κ2) is 9.93. The second-order valence-corrected chi connectivity index (χ2v) is 10.3. The van der Waals surface area contributed by atoms with Gasteiger partial charge in [0.15, 0.2) is 0 Å². The number of carboxylic acid groups (broad SMARTS) is 1. The zero-order valence-corrected chi connectivity index (χ0v) is 19.5. The normalized spacial score (nSPS) is 14.0. The number of carbonyl (C=O) groups is 2. The first-order chi connectivity index (χ1) is 16.2. The molecule has 1 N–H and O–H groups in total. The summed E-state index contributed by atoms with van der Waals surface area (Å²) >= 11 is -1.36. The van der Waals surface area contributed by atoms with Crippen molar-refractivity contribution in [3.63, 3.8) is 0 Å². The van der Waals surface area contributed by atoms with E-state index in [0.717, 1.165) is 34.4 Å². The van der Waals surface area contributed by atoms with E-state index in [1.54, 1.807) is 0 Å². The zero-order chi connectivity index (χ0) is 24.3. The Hall–Kier alpha value is -3.25. The predicted octanol–water partition coefficient (Wildman–Crippen LogP) is 5.65. The summed E-state index contributed by atoms with van der Waals surface area (Å²) in [6.45, 7) is 0.109. The van der Waals surface area contributed by atoms with Crippen LogP contribution in [0.1, 0.15) is 22.6 Å². The number of benzene rings is 3. The van der Waals surface area contributed by atoms with E-state index in [9.17, 15) is 27.9 Å². The van der Waals surface area contributed by atoms with Gasteiger partial charge in [0, 0.05) is 0 Å². The molecule has 0 spiro atoms. The van der Waals surface area contributed by atoms with E-state index in [-0.39, 0.29) is 18.9 Å². The molecule has 1 radical (unpaired) electrons. The van der Waals surface area contributed by atoms with Crippen LogP contribution in [-0.4, -0.2) is 44.6 Å². The maximum atomic E-state index is 12.6. The average molecular weight is 531 g/mol. The van der Waals surface area contributed by atoms with Gasteiger partial charge in [0.1, 0.15) is 0 Å². The fraction of sp³-hybridized carbons (Fsp3) is 0.200. The molecule has 3 aromatic carbocycles. The summed E-state index contributed by atoms with van der Waals surface area (Å²) in [4.78, 5) is 24.3. The molecule has 0 unspecified atom stereocenters. The van der Waals surface area contributed by atoms with Crippen molar-refractivity contribution in [2.24, 2.45) is 0 Å². The average Bonchev–Trinajstić information content (AvgIpc) is 3.11. The van der Waals surface area contributed by atoms with E-state index in [1.165, 1.54) is 12.1 Å². The maximum absolute atomic E-state index is 12.6. The van der Waals surface area contributed by atoms with Gasteiger partial charge >= 0.3 is 200 Å². The monoisotopic (exact) mass is 531 g/mol. The van der Waals surface area contributed by atoms with Crippen molar-refractivity contribution in [3.05, 3.63) is 89.5 Å². The van der Waals surface area contributed by atoms with E-state index in [2.05, 4.69) is 4.74 Å². The number of alkyl halides is 3. The van der Waals surface area contributed by atoms with Gasteiger partial charge in [0.25, 0.3) is 0 Å². The van der Waals surface area contributed by atoms with Gasteiger partial charge in [-0.05, 0) is 0 Å². The van der Waals surface area contributed by atoms with Gasteiger partial charge in [-0.2, -0.15) is 0 Å². The van der Waals surface area contributed by atoms with Crippen LogP contribution >= 0.6 is 0 Å². The van der Waals surface area contributed by atoms with Crippen LogP contribution in [0.4, 0.5) is 18.0 Å². The van der Waals surface area contributed by atoms with E-state index < -0.39 is 43.3 Å². The molecule has 0 amide bonds. The van der Waals surface area contributed by atoms with Crippen LogP contribution in [0.15, 0.2) is 72.8 Å². The molecular formula is C25H19AsF3O5. The van der Waals surface area contributed by atoms with Crippen LogP contribution < -0.4 is 4.74 Å². The molecule has 34 heavy (non-hydrogen) atoms. The van der Waals surface area contributed by atoms with Crippen LogP contribution in [0.3, 0.4) is 0 Å². The first kappa shape index (κ1) is 23.9. The Kier molecular flexibility index (Phi) is 6.98. The number of hydrogen-bond donors (Lipinski definition) is 1. The Morgan fingerprint density at radius 3 is 2.00 bits per heavy atom. The van der Waals surface area contributed by atoms with Gasteiger partial charge in [-0.1, -0.05) is 0 Å². The number of aliphatic carboxylic acids is 1. The third kappa shape index (κ3) is 5.62. The molecule has 3 aromatic rings. The van der Waals surface area contributed by atoms with Gasteiger partial charge in [-0.25, -0.2) is 0 Å². The quantitative estimate of drug-likeness (QED) is 0.381. The van der Waals surface area contributed by atoms with Crippen molar-refractivity contribution < 1.29 is 37.3 Å². The van der Waals surface area contributed by atoms with Gasteiger partial charge in [-0.15, -0.1) is 0 Å². The van der Waals surface area contributed by atoms with Crippen molar-refractivity contribution in [2.45, 2.75) is 23.4 Å². The SMILES string of the molecule is O=C(OCC1c2ccccc2-c2ccccc21)[As][C@@H](Cc1ccc(OC(F)(F)F)cc1)C(=O)O. The Balaban J connectivity index is 1.38. The van der Waals surface area contributed by atoms with Crippen molar-refractivity contribution in [1.82, 2.24) is 0 Å². The molecular weight excluding hydrogens is 512 g/mol. The molecule has 0 fully saturated rings. The molecule has 0 bridgehead atoms. The molecule has 0 aliphatic heterocycles. The molecule has 175 valence electrons. The molecule has 1 aliphatic carbocycles. The van der Waals surface area contributed by atoms with E-state index in [4.69, 9.17) is 4.74 Å². The molecule has 0 saturated heterocycles. The molecule has 9 heteroatoms. The van der Waals surface area contributed by atoms with E-state index in [1.807, 2.05) is 48.5 Å². The summed E-state index contributed by atoms with van der Waals surface area (Å²) in [7, 11) is 0. The third-order valence-electron chi connectivity index (χ3n) is 5.47. The number of rotatable bonds is 8. The van der Waals surface area contributed by atoms with Crippen molar-refractivity contribution in [1.29, 1.82) is 0 Å². The van der Waals surface area contributed by atoms with Crippen LogP contribution in [0.2, 0.25) is 4.71 Å². The van der Waals surface area contributed by atoms with Crippen molar-refractivity contribution in [3.8, 4) is 16.9 Å². The predicted molar refractivity (Wildman–Crippen MR) is 119 cm³/mol. The summed E-state index contributed by atoms with van der Waals surface area (Å²) in [5.41, 5.74) is 4.79. The van der Waals surface area contributed by atoms with E-state index >= 15 is 0 Å². The van der Waals surface area contributed by atoms with Gasteiger partial charge in [0.2, 0.25) is 0 Å². The first-order valence-electron chi connectivity index (χ1n) is 10.3. The number of carbonyl (C=O) groups excluding carboxylic acids is 1. The van der Waals surface area contributed by atoms with Crippen molar-refractivity contribution in [2.75, 3.05) is 6.61 Å². The first-order valence-corrected chi connectivity index (χ1v) is 12.4. The van der Waals surface area contributed by atoms with Gasteiger partial charge in [-0.3, -0.25) is 0 Å².